The molecule has 0 heterocycles. The zero-order valence-electron chi connectivity index (χ0n) is 7.24. The second-order valence-corrected chi connectivity index (χ2v) is 2.78. The van der Waals surface area contributed by atoms with Crippen LogP contribution in [-0.2, 0) is 4.76 Å². The summed E-state index contributed by atoms with van der Waals surface area (Å²) in [6, 6.07) is 5.63. The first-order valence-electron chi connectivity index (χ1n) is 3.76. The number of aryl methyl sites for hydroxylation is 1. The Hall–Kier alpha value is -0.835. The van der Waals surface area contributed by atoms with Crippen molar-refractivity contribution in [2.24, 2.45) is 5.90 Å². The van der Waals surface area contributed by atoms with Crippen LogP contribution in [0.2, 0.25) is 0 Å². The molecule has 3 nitrogen and oxygen atoms in total. The number of benzene rings is 1. The third kappa shape index (κ3) is 1.66. The van der Waals surface area contributed by atoms with Crippen LogP contribution < -0.4 is 11.4 Å². The summed E-state index contributed by atoms with van der Waals surface area (Å²) in [6.45, 7) is 3.90. The molecule has 0 spiro atoms. The fraction of sp³-hybridized carbons (Fsp3) is 0.250. The molecule has 0 radical (unpaired) electrons. The highest BCUT2D eigenvalue weighted by Gasteiger charge is 2.17. The van der Waals surface area contributed by atoms with Crippen LogP contribution in [0.4, 0.5) is 0 Å². The normalized spacial score (nSPS) is 10.0. The van der Waals surface area contributed by atoms with E-state index >= 15 is 0 Å². The Bertz CT molecular complexity index is 278. The van der Waals surface area contributed by atoms with Gasteiger partial charge in [0.2, 0.25) is 0 Å². The molecule has 1 rings (SSSR count). The van der Waals surface area contributed by atoms with Crippen LogP contribution in [-0.4, -0.2) is 12.1 Å². The smallest absolute Gasteiger partial charge is 0.422 e. The van der Waals surface area contributed by atoms with Crippen molar-refractivity contribution in [2.45, 2.75) is 13.8 Å². The Morgan fingerprint density at radius 1 is 1.42 bits per heavy atom. The Labute approximate surface area is 72.3 Å². The van der Waals surface area contributed by atoms with Crippen LogP contribution in [0.5, 0.6) is 0 Å². The first-order valence-corrected chi connectivity index (χ1v) is 3.76. The minimum Gasteiger partial charge on any atom is -0.422 e. The van der Waals surface area contributed by atoms with Gasteiger partial charge >= 0.3 is 7.12 Å². The predicted molar refractivity (Wildman–Crippen MR) is 48.8 cm³/mol. The highest BCUT2D eigenvalue weighted by molar-refractivity contribution is 6.60. The first kappa shape index (κ1) is 9.25. The Morgan fingerprint density at radius 3 is 2.67 bits per heavy atom. The molecule has 0 atom stereocenters. The molecule has 3 N–H and O–H groups in total. The zero-order chi connectivity index (χ0) is 9.14. The summed E-state index contributed by atoms with van der Waals surface area (Å²) in [7, 11) is -1.02. The average Bonchev–Trinajstić information content (AvgIpc) is 2.08. The van der Waals surface area contributed by atoms with Crippen molar-refractivity contribution in [3.05, 3.63) is 29.3 Å². The predicted octanol–water partition coefficient (Wildman–Crippen LogP) is -0.119. The number of rotatable bonds is 2. The van der Waals surface area contributed by atoms with Gasteiger partial charge in [-0.15, -0.1) is 0 Å². The topological polar surface area (TPSA) is 55.5 Å². The average molecular weight is 165 g/mol. The van der Waals surface area contributed by atoms with Crippen molar-refractivity contribution in [2.75, 3.05) is 0 Å². The second-order valence-electron chi connectivity index (χ2n) is 2.78. The monoisotopic (exact) mass is 165 g/mol. The molecular weight excluding hydrogens is 153 g/mol. The van der Waals surface area contributed by atoms with Crippen molar-refractivity contribution in [3.8, 4) is 0 Å². The summed E-state index contributed by atoms with van der Waals surface area (Å²) in [6.07, 6.45) is 0. The van der Waals surface area contributed by atoms with Gasteiger partial charge in [0.1, 0.15) is 0 Å². The van der Waals surface area contributed by atoms with Crippen molar-refractivity contribution in [1.82, 2.24) is 0 Å². The van der Waals surface area contributed by atoms with Gasteiger partial charge in [-0.2, -0.15) is 0 Å². The molecule has 0 saturated heterocycles. The highest BCUT2D eigenvalue weighted by atomic mass is 16.6. The summed E-state index contributed by atoms with van der Waals surface area (Å²) >= 11 is 0. The molecule has 0 aliphatic carbocycles. The highest BCUT2D eigenvalue weighted by Crippen LogP contribution is 2.02. The minimum atomic E-state index is -1.02. The maximum absolute atomic E-state index is 9.29. The van der Waals surface area contributed by atoms with Gasteiger partial charge in [0, 0.05) is 0 Å². The van der Waals surface area contributed by atoms with E-state index in [1.54, 1.807) is 6.07 Å². The summed E-state index contributed by atoms with van der Waals surface area (Å²) in [5.41, 5.74) is 2.84. The van der Waals surface area contributed by atoms with E-state index in [1.165, 1.54) is 0 Å². The summed E-state index contributed by atoms with van der Waals surface area (Å²) in [5, 5.41) is 9.29. The number of hydrogen-bond donors (Lipinski definition) is 2. The van der Waals surface area contributed by atoms with Gasteiger partial charge in [-0.3, -0.25) is 0 Å². The molecule has 1 aromatic carbocycles. The van der Waals surface area contributed by atoms with E-state index in [1.807, 2.05) is 26.0 Å². The molecule has 0 saturated carbocycles. The van der Waals surface area contributed by atoms with Crippen LogP contribution in [0.3, 0.4) is 0 Å². The maximum atomic E-state index is 9.29. The lowest BCUT2D eigenvalue weighted by molar-refractivity contribution is 0.281. The third-order valence-corrected chi connectivity index (χ3v) is 2.04. The van der Waals surface area contributed by atoms with Gasteiger partial charge in [-0.25, -0.2) is 5.90 Å². The molecule has 0 bridgehead atoms. The number of hydrogen-bond acceptors (Lipinski definition) is 3. The van der Waals surface area contributed by atoms with Crippen LogP contribution in [0, 0.1) is 13.8 Å². The molecular formula is C8H12BNO2. The lowest BCUT2D eigenvalue weighted by Gasteiger charge is -2.08. The van der Waals surface area contributed by atoms with Gasteiger partial charge < -0.3 is 9.78 Å². The van der Waals surface area contributed by atoms with Gasteiger partial charge in [-0.1, -0.05) is 18.2 Å². The Balaban J connectivity index is 3.07. The van der Waals surface area contributed by atoms with Gasteiger partial charge in [0.25, 0.3) is 0 Å². The van der Waals surface area contributed by atoms with Gasteiger partial charge in [-0.05, 0) is 30.4 Å². The van der Waals surface area contributed by atoms with Crippen molar-refractivity contribution in [1.29, 1.82) is 0 Å². The third-order valence-electron chi connectivity index (χ3n) is 2.04. The molecule has 0 amide bonds. The molecule has 12 heavy (non-hydrogen) atoms. The van der Waals surface area contributed by atoms with Crippen molar-refractivity contribution in [3.63, 3.8) is 0 Å². The molecule has 64 valence electrons. The molecule has 0 fully saturated rings. The van der Waals surface area contributed by atoms with E-state index < -0.39 is 7.12 Å². The molecule has 0 aromatic heterocycles. The molecule has 1 aromatic rings. The molecule has 0 unspecified atom stereocenters. The van der Waals surface area contributed by atoms with E-state index in [0.717, 1.165) is 16.6 Å². The Morgan fingerprint density at radius 2 is 2.08 bits per heavy atom. The van der Waals surface area contributed by atoms with Crippen LogP contribution >= 0.6 is 0 Å². The summed E-state index contributed by atoms with van der Waals surface area (Å²) in [5.74, 6) is 4.87. The molecule has 0 aliphatic heterocycles. The van der Waals surface area contributed by atoms with Gasteiger partial charge in [0.15, 0.2) is 0 Å². The standard InChI is InChI=1S/C8H12BNO2/c1-6-4-3-5-8(7(6)2)9(11)12-10/h3-5,11H,10H2,1-2H3. The van der Waals surface area contributed by atoms with E-state index in [-0.39, 0.29) is 0 Å². The van der Waals surface area contributed by atoms with E-state index in [4.69, 9.17) is 5.90 Å². The fourth-order valence-electron chi connectivity index (χ4n) is 1.11. The Kier molecular flexibility index (Phi) is 2.86. The van der Waals surface area contributed by atoms with E-state index in [0.29, 0.717) is 0 Å². The maximum Gasteiger partial charge on any atom is 0.508 e. The SMILES string of the molecule is Cc1cccc(B(O)ON)c1C. The molecule has 0 aliphatic rings. The zero-order valence-corrected chi connectivity index (χ0v) is 7.24. The van der Waals surface area contributed by atoms with Crippen LogP contribution in [0.15, 0.2) is 18.2 Å². The minimum absolute atomic E-state index is 0.720. The van der Waals surface area contributed by atoms with E-state index in [9.17, 15) is 5.02 Å². The fourth-order valence-corrected chi connectivity index (χ4v) is 1.11. The van der Waals surface area contributed by atoms with Crippen LogP contribution in [0.25, 0.3) is 0 Å². The van der Waals surface area contributed by atoms with Crippen LogP contribution in [0.1, 0.15) is 11.1 Å². The van der Waals surface area contributed by atoms with E-state index in [2.05, 4.69) is 4.76 Å². The summed E-state index contributed by atoms with van der Waals surface area (Å²) < 4.78 is 4.33. The summed E-state index contributed by atoms with van der Waals surface area (Å²) in [4.78, 5) is 0. The quantitative estimate of drug-likeness (QED) is 0.474. The number of nitrogens with two attached hydrogens (primary N) is 1. The second kappa shape index (κ2) is 3.71. The largest absolute Gasteiger partial charge is 0.508 e. The first-order chi connectivity index (χ1) is 5.66. The van der Waals surface area contributed by atoms with Crippen molar-refractivity contribution >= 4 is 12.6 Å². The van der Waals surface area contributed by atoms with Crippen molar-refractivity contribution < 1.29 is 9.78 Å². The van der Waals surface area contributed by atoms with Gasteiger partial charge in [0.05, 0.1) is 0 Å². The lowest BCUT2D eigenvalue weighted by Crippen LogP contribution is -2.38. The lowest BCUT2D eigenvalue weighted by atomic mass is 9.76. The molecule has 4 heteroatoms.